The Bertz CT molecular complexity index is 863. The van der Waals surface area contributed by atoms with Crippen molar-refractivity contribution in [3.8, 4) is 17.2 Å². The number of phenols is 1. The first-order valence-electron chi connectivity index (χ1n) is 5.96. The number of aromatic hydroxyl groups is 1. The van der Waals surface area contributed by atoms with E-state index in [0.717, 1.165) is 0 Å². The standard InChI is InChI=1S/C15H12O5/c1-18-8-6-11(19-2)14-12(7-8)20-10-5-3-4-9(16)13(10)15(14)17/h3-7,16H,1-2H3. The fourth-order valence-electron chi connectivity index (χ4n) is 2.23. The molecule has 0 aliphatic heterocycles. The van der Waals surface area contributed by atoms with Gasteiger partial charge in [-0.05, 0) is 12.1 Å². The highest BCUT2D eigenvalue weighted by Crippen LogP contribution is 2.32. The third kappa shape index (κ3) is 1.67. The summed E-state index contributed by atoms with van der Waals surface area (Å²) in [6.07, 6.45) is 0. The monoisotopic (exact) mass is 272 g/mol. The van der Waals surface area contributed by atoms with E-state index in [2.05, 4.69) is 0 Å². The normalized spacial score (nSPS) is 10.9. The zero-order valence-electron chi connectivity index (χ0n) is 11.0. The maximum absolute atomic E-state index is 12.5. The molecule has 0 atom stereocenters. The van der Waals surface area contributed by atoms with Gasteiger partial charge in [0.15, 0.2) is 0 Å². The number of hydrogen-bond donors (Lipinski definition) is 1. The molecule has 102 valence electrons. The summed E-state index contributed by atoms with van der Waals surface area (Å²) in [4.78, 5) is 12.5. The largest absolute Gasteiger partial charge is 0.507 e. The number of ether oxygens (including phenoxy) is 2. The van der Waals surface area contributed by atoms with Crippen molar-refractivity contribution in [2.45, 2.75) is 0 Å². The number of fused-ring (bicyclic) bond motifs is 2. The van der Waals surface area contributed by atoms with Crippen LogP contribution in [0, 0.1) is 0 Å². The molecule has 0 radical (unpaired) electrons. The van der Waals surface area contributed by atoms with Crippen molar-refractivity contribution in [2.24, 2.45) is 0 Å². The molecule has 1 aromatic heterocycles. The van der Waals surface area contributed by atoms with Crippen LogP contribution in [0.15, 0.2) is 39.5 Å². The Morgan fingerprint density at radius 1 is 1.05 bits per heavy atom. The van der Waals surface area contributed by atoms with Crippen LogP contribution >= 0.6 is 0 Å². The van der Waals surface area contributed by atoms with Crippen molar-refractivity contribution < 1.29 is 19.0 Å². The summed E-state index contributed by atoms with van der Waals surface area (Å²) in [7, 11) is 2.98. The van der Waals surface area contributed by atoms with E-state index >= 15 is 0 Å². The van der Waals surface area contributed by atoms with Crippen LogP contribution < -0.4 is 14.9 Å². The van der Waals surface area contributed by atoms with Crippen LogP contribution in [0.5, 0.6) is 17.2 Å². The van der Waals surface area contributed by atoms with Crippen molar-refractivity contribution in [1.82, 2.24) is 0 Å². The molecule has 5 heteroatoms. The minimum absolute atomic E-state index is 0.115. The third-order valence-corrected chi connectivity index (χ3v) is 3.17. The maximum atomic E-state index is 12.5. The second-order valence-electron chi connectivity index (χ2n) is 4.28. The number of methoxy groups -OCH3 is 2. The van der Waals surface area contributed by atoms with Gasteiger partial charge in [0, 0.05) is 12.1 Å². The van der Waals surface area contributed by atoms with Crippen molar-refractivity contribution in [3.05, 3.63) is 40.6 Å². The first-order chi connectivity index (χ1) is 9.65. The average molecular weight is 272 g/mol. The predicted octanol–water partition coefficient (Wildman–Crippen LogP) is 2.67. The topological polar surface area (TPSA) is 68.9 Å². The van der Waals surface area contributed by atoms with Gasteiger partial charge < -0.3 is 19.0 Å². The summed E-state index contributed by atoms with van der Waals surface area (Å²) in [5.41, 5.74) is 0.334. The zero-order chi connectivity index (χ0) is 14.3. The second kappa shape index (κ2) is 4.45. The van der Waals surface area contributed by atoms with E-state index in [1.165, 1.54) is 20.3 Å². The highest BCUT2D eigenvalue weighted by molar-refractivity contribution is 5.96. The lowest BCUT2D eigenvalue weighted by molar-refractivity contribution is 0.396. The van der Waals surface area contributed by atoms with Crippen molar-refractivity contribution in [3.63, 3.8) is 0 Å². The molecule has 0 saturated carbocycles. The van der Waals surface area contributed by atoms with E-state index in [0.29, 0.717) is 22.7 Å². The number of benzene rings is 2. The lowest BCUT2D eigenvalue weighted by Gasteiger charge is -2.09. The minimum Gasteiger partial charge on any atom is -0.507 e. The highest BCUT2D eigenvalue weighted by atomic mass is 16.5. The molecule has 1 heterocycles. The lowest BCUT2D eigenvalue weighted by atomic mass is 10.1. The van der Waals surface area contributed by atoms with Gasteiger partial charge in [0.2, 0.25) is 5.43 Å². The lowest BCUT2D eigenvalue weighted by Crippen LogP contribution is -2.04. The molecule has 0 unspecified atom stereocenters. The van der Waals surface area contributed by atoms with E-state index in [9.17, 15) is 9.90 Å². The summed E-state index contributed by atoms with van der Waals surface area (Å²) in [5.74, 6) is 0.756. The molecule has 1 N–H and O–H groups in total. The summed E-state index contributed by atoms with van der Waals surface area (Å²) in [6, 6.07) is 7.90. The molecule has 0 aliphatic rings. The second-order valence-corrected chi connectivity index (χ2v) is 4.28. The first kappa shape index (κ1) is 12.3. The minimum atomic E-state index is -0.334. The molecule has 3 rings (SSSR count). The Morgan fingerprint density at radius 3 is 2.55 bits per heavy atom. The van der Waals surface area contributed by atoms with Gasteiger partial charge >= 0.3 is 0 Å². The average Bonchev–Trinajstić information content (AvgIpc) is 2.45. The summed E-state index contributed by atoms with van der Waals surface area (Å²) in [6.45, 7) is 0. The molecule has 2 aromatic carbocycles. The van der Waals surface area contributed by atoms with Gasteiger partial charge in [-0.15, -0.1) is 0 Å². The van der Waals surface area contributed by atoms with Gasteiger partial charge in [0.1, 0.15) is 39.2 Å². The van der Waals surface area contributed by atoms with E-state index in [1.807, 2.05) is 0 Å². The van der Waals surface area contributed by atoms with E-state index < -0.39 is 0 Å². The fraction of sp³-hybridized carbons (Fsp3) is 0.133. The quantitative estimate of drug-likeness (QED) is 0.726. The van der Waals surface area contributed by atoms with Gasteiger partial charge in [-0.2, -0.15) is 0 Å². The van der Waals surface area contributed by atoms with Crippen molar-refractivity contribution in [2.75, 3.05) is 14.2 Å². The number of rotatable bonds is 2. The van der Waals surface area contributed by atoms with Crippen LogP contribution in [0.1, 0.15) is 0 Å². The molecule has 0 fully saturated rings. The van der Waals surface area contributed by atoms with E-state index in [4.69, 9.17) is 13.9 Å². The summed E-state index contributed by atoms with van der Waals surface area (Å²) >= 11 is 0. The van der Waals surface area contributed by atoms with Gasteiger partial charge in [-0.25, -0.2) is 0 Å². The molecule has 20 heavy (non-hydrogen) atoms. The van der Waals surface area contributed by atoms with E-state index in [-0.39, 0.29) is 22.0 Å². The summed E-state index contributed by atoms with van der Waals surface area (Å²) in [5, 5.41) is 10.3. The van der Waals surface area contributed by atoms with Gasteiger partial charge in [-0.1, -0.05) is 6.07 Å². The SMILES string of the molecule is COc1cc(OC)c2c(=O)c3c(O)cccc3oc2c1. The molecule has 0 saturated heterocycles. The van der Waals surface area contributed by atoms with Crippen LogP contribution in [0.3, 0.4) is 0 Å². The van der Waals surface area contributed by atoms with Crippen LogP contribution in [-0.2, 0) is 0 Å². The van der Waals surface area contributed by atoms with Crippen LogP contribution in [0.25, 0.3) is 21.9 Å². The van der Waals surface area contributed by atoms with Crippen molar-refractivity contribution >= 4 is 21.9 Å². The molecule has 5 nitrogen and oxygen atoms in total. The Labute approximate surface area is 114 Å². The Kier molecular flexibility index (Phi) is 2.75. The van der Waals surface area contributed by atoms with Crippen LogP contribution in [0.2, 0.25) is 0 Å². The molecule has 0 bridgehead atoms. The van der Waals surface area contributed by atoms with Gasteiger partial charge in [0.25, 0.3) is 0 Å². The first-order valence-corrected chi connectivity index (χ1v) is 5.96. The summed E-state index contributed by atoms with van der Waals surface area (Å²) < 4.78 is 16.0. The van der Waals surface area contributed by atoms with Crippen LogP contribution in [0.4, 0.5) is 0 Å². The Morgan fingerprint density at radius 2 is 1.85 bits per heavy atom. The Balaban J connectivity index is 2.57. The predicted molar refractivity (Wildman–Crippen MR) is 74.8 cm³/mol. The third-order valence-electron chi connectivity index (χ3n) is 3.17. The fourth-order valence-corrected chi connectivity index (χ4v) is 2.23. The molecule has 0 spiro atoms. The Hall–Kier alpha value is -2.69. The molecule has 3 aromatic rings. The van der Waals surface area contributed by atoms with Crippen molar-refractivity contribution in [1.29, 1.82) is 0 Å². The zero-order valence-corrected chi connectivity index (χ0v) is 11.0. The smallest absolute Gasteiger partial charge is 0.208 e. The maximum Gasteiger partial charge on any atom is 0.208 e. The molecular formula is C15H12O5. The molecular weight excluding hydrogens is 260 g/mol. The van der Waals surface area contributed by atoms with Gasteiger partial charge in [-0.3, -0.25) is 4.79 Å². The highest BCUT2D eigenvalue weighted by Gasteiger charge is 2.16. The number of phenolic OH excluding ortho intramolecular Hbond substituents is 1. The van der Waals surface area contributed by atoms with E-state index in [1.54, 1.807) is 24.3 Å². The van der Waals surface area contributed by atoms with Crippen LogP contribution in [-0.4, -0.2) is 19.3 Å². The molecule has 0 amide bonds. The van der Waals surface area contributed by atoms with Gasteiger partial charge in [0.05, 0.1) is 14.2 Å². The molecule has 0 aliphatic carbocycles. The number of hydrogen-bond acceptors (Lipinski definition) is 5.